The third-order valence-electron chi connectivity index (χ3n) is 1.86. The summed E-state index contributed by atoms with van der Waals surface area (Å²) in [6.07, 6.45) is -2.04. The van der Waals surface area contributed by atoms with Crippen LogP contribution in [0.5, 0.6) is 0 Å². The minimum absolute atomic E-state index is 0.193. The molecule has 5 heteroatoms. The molecule has 1 aromatic rings. The highest BCUT2D eigenvalue weighted by Gasteiger charge is 2.24. The molecule has 1 unspecified atom stereocenters. The average molecular weight is 202 g/mol. The number of aliphatic hydroxyl groups is 1. The summed E-state index contributed by atoms with van der Waals surface area (Å²) < 4.78 is 25.8. The molecule has 0 aliphatic carbocycles. The maximum absolute atomic E-state index is 13.1. The van der Waals surface area contributed by atoms with E-state index in [2.05, 4.69) is 0 Å². The smallest absolute Gasteiger partial charge is 0.337 e. The highest BCUT2D eigenvalue weighted by atomic mass is 19.2. The minimum Gasteiger partial charge on any atom is -0.479 e. The molecule has 2 N–H and O–H groups in total. The molecule has 0 heterocycles. The van der Waals surface area contributed by atoms with Gasteiger partial charge in [-0.1, -0.05) is 6.07 Å². The lowest BCUT2D eigenvalue weighted by atomic mass is 10.0. The fraction of sp³-hybridized carbons (Fsp3) is 0.222. The number of hydrogen-bond donors (Lipinski definition) is 2. The van der Waals surface area contributed by atoms with Crippen LogP contribution < -0.4 is 0 Å². The van der Waals surface area contributed by atoms with Crippen molar-refractivity contribution >= 4 is 5.97 Å². The summed E-state index contributed by atoms with van der Waals surface area (Å²) in [5, 5.41) is 17.5. The van der Waals surface area contributed by atoms with Gasteiger partial charge in [0.1, 0.15) is 0 Å². The van der Waals surface area contributed by atoms with Crippen LogP contribution in [0.3, 0.4) is 0 Å². The van der Waals surface area contributed by atoms with Crippen LogP contribution in [0.15, 0.2) is 12.1 Å². The van der Waals surface area contributed by atoms with E-state index >= 15 is 0 Å². The Morgan fingerprint density at radius 3 is 2.50 bits per heavy atom. The van der Waals surface area contributed by atoms with E-state index in [1.54, 1.807) is 0 Å². The number of aliphatic carboxylic acids is 1. The molecule has 1 aromatic carbocycles. The predicted octanol–water partition coefficient (Wildman–Crippen LogP) is 1.39. The molecule has 0 amide bonds. The van der Waals surface area contributed by atoms with Gasteiger partial charge in [0.05, 0.1) is 0 Å². The third kappa shape index (κ3) is 1.72. The summed E-state index contributed by atoms with van der Waals surface area (Å²) in [4.78, 5) is 10.4. The first-order chi connectivity index (χ1) is 6.45. The van der Waals surface area contributed by atoms with Gasteiger partial charge in [0.15, 0.2) is 17.7 Å². The van der Waals surface area contributed by atoms with Crippen LogP contribution in [0, 0.1) is 18.6 Å². The van der Waals surface area contributed by atoms with E-state index in [-0.39, 0.29) is 5.56 Å². The van der Waals surface area contributed by atoms with Crippen molar-refractivity contribution in [2.24, 2.45) is 0 Å². The zero-order valence-electron chi connectivity index (χ0n) is 7.29. The molecule has 0 aliphatic heterocycles. The van der Waals surface area contributed by atoms with Crippen molar-refractivity contribution in [1.82, 2.24) is 0 Å². The Morgan fingerprint density at radius 1 is 1.43 bits per heavy atom. The van der Waals surface area contributed by atoms with Crippen molar-refractivity contribution in [3.8, 4) is 0 Å². The van der Waals surface area contributed by atoms with Crippen LogP contribution in [0.1, 0.15) is 17.2 Å². The Morgan fingerprint density at radius 2 is 2.00 bits per heavy atom. The van der Waals surface area contributed by atoms with Gasteiger partial charge in [-0.3, -0.25) is 0 Å². The first-order valence-corrected chi connectivity index (χ1v) is 3.80. The van der Waals surface area contributed by atoms with Crippen LogP contribution in [0.25, 0.3) is 0 Å². The molecule has 0 fully saturated rings. The lowest BCUT2D eigenvalue weighted by Gasteiger charge is -2.10. The van der Waals surface area contributed by atoms with E-state index in [1.807, 2.05) is 0 Å². The van der Waals surface area contributed by atoms with Crippen molar-refractivity contribution in [3.05, 3.63) is 34.9 Å². The van der Waals surface area contributed by atoms with E-state index in [0.29, 0.717) is 0 Å². The molecule has 0 spiro atoms. The van der Waals surface area contributed by atoms with Crippen molar-refractivity contribution in [1.29, 1.82) is 0 Å². The number of carbonyl (C=O) groups is 1. The van der Waals surface area contributed by atoms with Gasteiger partial charge in [0, 0.05) is 5.56 Å². The Hall–Kier alpha value is -1.49. The number of benzene rings is 1. The quantitative estimate of drug-likeness (QED) is 0.761. The summed E-state index contributed by atoms with van der Waals surface area (Å²) in [5.41, 5.74) is -0.337. The van der Waals surface area contributed by atoms with Gasteiger partial charge < -0.3 is 10.2 Å². The summed E-state index contributed by atoms with van der Waals surface area (Å²) in [6, 6.07) is 2.09. The number of rotatable bonds is 2. The second kappa shape index (κ2) is 3.71. The summed E-state index contributed by atoms with van der Waals surface area (Å²) in [7, 11) is 0. The zero-order valence-corrected chi connectivity index (χ0v) is 7.29. The van der Waals surface area contributed by atoms with Gasteiger partial charge >= 0.3 is 5.97 Å². The van der Waals surface area contributed by atoms with E-state index in [1.165, 1.54) is 13.0 Å². The highest BCUT2D eigenvalue weighted by molar-refractivity contribution is 5.74. The second-order valence-corrected chi connectivity index (χ2v) is 2.83. The fourth-order valence-electron chi connectivity index (χ4n) is 1.12. The molecule has 0 saturated heterocycles. The van der Waals surface area contributed by atoms with E-state index in [9.17, 15) is 13.6 Å². The number of hydrogen-bond acceptors (Lipinski definition) is 2. The molecule has 1 atom stereocenters. The largest absolute Gasteiger partial charge is 0.479 e. The summed E-state index contributed by atoms with van der Waals surface area (Å²) in [6.45, 7) is 1.39. The third-order valence-corrected chi connectivity index (χ3v) is 1.86. The Balaban J connectivity index is 3.32. The topological polar surface area (TPSA) is 57.5 Å². The number of carboxylic acid groups (broad SMARTS) is 1. The van der Waals surface area contributed by atoms with E-state index in [4.69, 9.17) is 10.2 Å². The van der Waals surface area contributed by atoms with Gasteiger partial charge in [-0.15, -0.1) is 0 Å². The van der Waals surface area contributed by atoms with Crippen LogP contribution >= 0.6 is 0 Å². The molecule has 0 aromatic heterocycles. The predicted molar refractivity (Wildman–Crippen MR) is 43.7 cm³/mol. The van der Waals surface area contributed by atoms with E-state index < -0.39 is 29.3 Å². The first-order valence-electron chi connectivity index (χ1n) is 3.80. The van der Waals surface area contributed by atoms with Crippen LogP contribution in [0.2, 0.25) is 0 Å². The van der Waals surface area contributed by atoms with Gasteiger partial charge in [-0.25, -0.2) is 13.6 Å². The van der Waals surface area contributed by atoms with Crippen molar-refractivity contribution in [2.75, 3.05) is 0 Å². The molecule has 1 rings (SSSR count). The molecule has 0 aliphatic rings. The molecule has 76 valence electrons. The molecule has 14 heavy (non-hydrogen) atoms. The lowest BCUT2D eigenvalue weighted by molar-refractivity contribution is -0.147. The number of aliphatic hydroxyl groups excluding tert-OH is 1. The number of halogens is 2. The Bertz CT molecular complexity index is 377. The Labute approximate surface area is 78.6 Å². The molecular formula is C9H8F2O3. The van der Waals surface area contributed by atoms with Gasteiger partial charge in [0.25, 0.3) is 0 Å². The molecule has 0 saturated carbocycles. The lowest BCUT2D eigenvalue weighted by Crippen LogP contribution is -2.14. The number of carboxylic acids is 1. The minimum atomic E-state index is -2.04. The van der Waals surface area contributed by atoms with Crippen molar-refractivity contribution in [2.45, 2.75) is 13.0 Å². The average Bonchev–Trinajstić information content (AvgIpc) is 2.12. The zero-order chi connectivity index (χ0) is 10.9. The molecule has 0 bridgehead atoms. The van der Waals surface area contributed by atoms with E-state index in [0.717, 1.165) is 6.07 Å². The maximum atomic E-state index is 13.1. The monoisotopic (exact) mass is 202 g/mol. The molecule has 0 radical (unpaired) electrons. The maximum Gasteiger partial charge on any atom is 0.337 e. The normalized spacial score (nSPS) is 12.6. The SMILES string of the molecule is Cc1ccc(F)c(F)c1C(O)C(=O)O. The van der Waals surface area contributed by atoms with Gasteiger partial charge in [-0.05, 0) is 18.6 Å². The van der Waals surface area contributed by atoms with Crippen LogP contribution in [-0.4, -0.2) is 16.2 Å². The standard InChI is InChI=1S/C9H8F2O3/c1-4-2-3-5(10)7(11)6(4)8(12)9(13)14/h2-3,8,12H,1H3,(H,13,14). The van der Waals surface area contributed by atoms with Gasteiger partial charge in [0.2, 0.25) is 0 Å². The van der Waals surface area contributed by atoms with Crippen molar-refractivity contribution < 1.29 is 23.8 Å². The molecule has 3 nitrogen and oxygen atoms in total. The Kier molecular flexibility index (Phi) is 2.81. The van der Waals surface area contributed by atoms with Gasteiger partial charge in [-0.2, -0.15) is 0 Å². The highest BCUT2D eigenvalue weighted by Crippen LogP contribution is 2.23. The van der Waals surface area contributed by atoms with Crippen LogP contribution in [0.4, 0.5) is 8.78 Å². The molecular weight excluding hydrogens is 194 g/mol. The van der Waals surface area contributed by atoms with Crippen LogP contribution in [-0.2, 0) is 4.79 Å². The summed E-state index contributed by atoms with van der Waals surface area (Å²) in [5.74, 6) is -4.11. The summed E-state index contributed by atoms with van der Waals surface area (Å²) >= 11 is 0. The number of aryl methyl sites for hydroxylation is 1. The second-order valence-electron chi connectivity index (χ2n) is 2.83. The first kappa shape index (κ1) is 10.6. The van der Waals surface area contributed by atoms with Crippen molar-refractivity contribution in [3.63, 3.8) is 0 Å². The fourth-order valence-corrected chi connectivity index (χ4v) is 1.12.